The average Bonchev–Trinajstić information content (AvgIpc) is 3.63. The second-order valence-electron chi connectivity index (χ2n) is 13.6. The standard InChI is InChI=1S/C38H34N8O20S3/c1-64-20-3-6-25(30(14-20)68(58,59)60)40-41-26-16-29(66-11-9-48)27(17-28(26)65-10-8-47)42-43-32-31(69(61,62)63)13-18-12-19(2-5-22(18)35(32)49)46-36(50)33(34(45-46)38(53)54)44-39-24-7-4-21(67(55,56)57)15-23(24)37(51)52/h2-7,12-17,39,44,47-50H,8-11H2,1H3,(H,51,52)(H,53,54)(H,55,56,57)(H,58,59,60)(H,61,62,63). The van der Waals surface area contributed by atoms with Crippen molar-refractivity contribution < 1.29 is 93.4 Å². The normalized spacial score (nSPS) is 12.1. The summed E-state index contributed by atoms with van der Waals surface area (Å²) in [5.41, 5.74) is 0.132. The summed E-state index contributed by atoms with van der Waals surface area (Å²) >= 11 is 0. The van der Waals surface area contributed by atoms with Crippen LogP contribution in [0.4, 0.5) is 34.1 Å². The fourth-order valence-electron chi connectivity index (χ4n) is 6.08. The van der Waals surface area contributed by atoms with Crippen LogP contribution in [-0.2, 0) is 30.4 Å². The van der Waals surface area contributed by atoms with Gasteiger partial charge >= 0.3 is 11.9 Å². The van der Waals surface area contributed by atoms with Crippen molar-refractivity contribution in [1.29, 1.82) is 0 Å². The van der Waals surface area contributed by atoms with E-state index in [1.165, 1.54) is 25.3 Å². The van der Waals surface area contributed by atoms with E-state index in [4.69, 9.17) is 14.2 Å². The molecule has 1 heterocycles. The molecule has 0 amide bonds. The summed E-state index contributed by atoms with van der Waals surface area (Å²) in [6.45, 7) is -1.82. The number of nitrogens with zero attached hydrogens (tertiary/aromatic N) is 6. The number of aliphatic hydroxyl groups excluding tert-OH is 2. The molecule has 0 atom stereocenters. The molecule has 0 fully saturated rings. The lowest BCUT2D eigenvalue weighted by Gasteiger charge is -2.13. The monoisotopic (exact) mass is 1020 g/mol. The van der Waals surface area contributed by atoms with Crippen LogP contribution >= 0.6 is 0 Å². The maximum Gasteiger partial charge on any atom is 0.358 e. The molecule has 1 aromatic heterocycles. The van der Waals surface area contributed by atoms with E-state index in [1.807, 2.05) is 0 Å². The summed E-state index contributed by atoms with van der Waals surface area (Å²) in [5.74, 6) is -5.65. The van der Waals surface area contributed by atoms with Crippen molar-refractivity contribution in [3.63, 3.8) is 0 Å². The molecule has 6 rings (SSSR count). The molecule has 0 aliphatic carbocycles. The fourth-order valence-corrected chi connectivity index (χ4v) is 7.88. The number of hydrazine groups is 1. The Hall–Kier alpha value is -8.04. The molecule has 11 N–H and O–H groups in total. The number of carboxylic acids is 2. The quantitative estimate of drug-likeness (QED) is 0.0283. The molecule has 0 aliphatic heterocycles. The number of aromatic nitrogens is 2. The van der Waals surface area contributed by atoms with Gasteiger partial charge in [0.05, 0.1) is 42.2 Å². The van der Waals surface area contributed by atoms with Gasteiger partial charge in [-0.1, -0.05) is 0 Å². The molecular formula is C38H34N8O20S3. The number of phenols is 1. The van der Waals surface area contributed by atoms with Gasteiger partial charge in [0.1, 0.15) is 63.0 Å². The first-order valence-electron chi connectivity index (χ1n) is 18.8. The predicted molar refractivity (Wildman–Crippen MR) is 234 cm³/mol. The lowest BCUT2D eigenvalue weighted by atomic mass is 10.1. The Kier molecular flexibility index (Phi) is 14.6. The molecule has 5 aromatic carbocycles. The van der Waals surface area contributed by atoms with Crippen LogP contribution in [0.15, 0.2) is 108 Å². The Morgan fingerprint density at radius 2 is 1.29 bits per heavy atom. The van der Waals surface area contributed by atoms with Crippen molar-refractivity contribution in [2.24, 2.45) is 20.5 Å². The lowest BCUT2D eigenvalue weighted by molar-refractivity contribution is 0.0682. The van der Waals surface area contributed by atoms with Gasteiger partial charge in [-0.05, 0) is 60.0 Å². The van der Waals surface area contributed by atoms with E-state index in [0.717, 1.165) is 48.5 Å². The van der Waals surface area contributed by atoms with Crippen LogP contribution in [0.2, 0.25) is 0 Å². The Morgan fingerprint density at radius 3 is 1.84 bits per heavy atom. The summed E-state index contributed by atoms with van der Waals surface area (Å²) in [5, 5.41) is 80.4. The maximum absolute atomic E-state index is 12.8. The molecule has 31 heteroatoms. The number of aromatic hydroxyl groups is 2. The van der Waals surface area contributed by atoms with E-state index in [9.17, 15) is 79.1 Å². The number of hydrogen-bond donors (Lipinski definition) is 11. The van der Waals surface area contributed by atoms with Crippen molar-refractivity contribution in [2.45, 2.75) is 14.7 Å². The number of rotatable bonds is 20. The number of nitrogens with one attached hydrogen (secondary N) is 2. The highest BCUT2D eigenvalue weighted by Gasteiger charge is 2.27. The van der Waals surface area contributed by atoms with E-state index in [2.05, 4.69) is 36.4 Å². The van der Waals surface area contributed by atoms with Crippen LogP contribution in [0, 0.1) is 0 Å². The van der Waals surface area contributed by atoms with E-state index < -0.39 is 104 Å². The molecule has 0 saturated heterocycles. The highest BCUT2D eigenvalue weighted by atomic mass is 32.2. The molecule has 28 nitrogen and oxygen atoms in total. The molecule has 0 aliphatic rings. The molecule has 0 bridgehead atoms. The first-order valence-corrected chi connectivity index (χ1v) is 23.1. The number of ether oxygens (including phenoxy) is 3. The van der Waals surface area contributed by atoms with Crippen LogP contribution in [0.1, 0.15) is 20.8 Å². The van der Waals surface area contributed by atoms with Crippen LogP contribution < -0.4 is 25.1 Å². The van der Waals surface area contributed by atoms with Gasteiger partial charge in [-0.3, -0.25) is 24.5 Å². The van der Waals surface area contributed by atoms with Crippen LogP contribution in [0.3, 0.4) is 0 Å². The van der Waals surface area contributed by atoms with Crippen LogP contribution in [0.25, 0.3) is 16.5 Å². The number of fused-ring (bicyclic) bond motifs is 1. The van der Waals surface area contributed by atoms with Gasteiger partial charge in [0.2, 0.25) is 5.88 Å². The number of carbonyl (C=O) groups is 2. The van der Waals surface area contributed by atoms with E-state index >= 15 is 0 Å². The Balaban J connectivity index is 1.41. The highest BCUT2D eigenvalue weighted by molar-refractivity contribution is 7.86. The third kappa shape index (κ3) is 11.2. The number of aromatic carboxylic acids is 2. The minimum atomic E-state index is -5.29. The third-order valence-electron chi connectivity index (χ3n) is 9.17. The molecule has 0 unspecified atom stereocenters. The Labute approximate surface area is 387 Å². The summed E-state index contributed by atoms with van der Waals surface area (Å²) in [4.78, 5) is 21.6. The summed E-state index contributed by atoms with van der Waals surface area (Å²) in [6, 6.07) is 12.3. The predicted octanol–water partition coefficient (Wildman–Crippen LogP) is 4.59. The number of benzene rings is 5. The first-order chi connectivity index (χ1) is 32.5. The molecule has 6 aromatic rings. The number of phenolic OH excluding ortho intramolecular Hbond substituents is 1. The first kappa shape index (κ1) is 50.4. The maximum atomic E-state index is 12.8. The van der Waals surface area contributed by atoms with Gasteiger partial charge in [0, 0.05) is 23.6 Å². The van der Waals surface area contributed by atoms with Gasteiger partial charge < -0.3 is 44.8 Å². The van der Waals surface area contributed by atoms with E-state index in [0.29, 0.717) is 10.7 Å². The summed E-state index contributed by atoms with van der Waals surface area (Å²) in [7, 11) is -13.7. The third-order valence-corrected chi connectivity index (χ3v) is 11.8. The van der Waals surface area contributed by atoms with Crippen LogP contribution in [0.5, 0.6) is 28.9 Å². The SMILES string of the molecule is COc1ccc(N=Nc2cc(OCCO)c(N=Nc3c(S(=O)(=O)O)cc4cc(-n5nc(C(=O)O)c(NNc6ccc(S(=O)(=O)O)cc6C(=O)O)c5O)ccc4c3O)cc2OCCO)c(S(=O)(=O)O)c1. The smallest absolute Gasteiger partial charge is 0.358 e. The highest BCUT2D eigenvalue weighted by Crippen LogP contribution is 2.46. The second-order valence-corrected chi connectivity index (χ2v) is 17.8. The lowest BCUT2D eigenvalue weighted by Crippen LogP contribution is -2.15. The topological polar surface area (TPSA) is 438 Å². The van der Waals surface area contributed by atoms with Gasteiger partial charge in [0.25, 0.3) is 30.4 Å². The Morgan fingerprint density at radius 1 is 0.681 bits per heavy atom. The minimum Gasteiger partial charge on any atom is -0.505 e. The van der Waals surface area contributed by atoms with E-state index in [1.54, 1.807) is 0 Å². The zero-order valence-electron chi connectivity index (χ0n) is 34.7. The van der Waals surface area contributed by atoms with E-state index in [-0.39, 0.29) is 69.7 Å². The zero-order valence-corrected chi connectivity index (χ0v) is 37.1. The van der Waals surface area contributed by atoms with Gasteiger partial charge in [-0.15, -0.1) is 20.5 Å². The number of hydrogen-bond acceptors (Lipinski definition) is 22. The molecule has 0 radical (unpaired) electrons. The number of methoxy groups -OCH3 is 1. The molecular weight excluding hydrogens is 985 g/mol. The summed E-state index contributed by atoms with van der Waals surface area (Å²) in [6.07, 6.45) is 0. The Bertz CT molecular complexity index is 3440. The largest absolute Gasteiger partial charge is 0.505 e. The van der Waals surface area contributed by atoms with Crippen molar-refractivity contribution in [2.75, 3.05) is 44.4 Å². The number of anilines is 2. The second kappa shape index (κ2) is 20.1. The van der Waals surface area contributed by atoms with Gasteiger partial charge in [-0.25, -0.2) is 9.59 Å². The van der Waals surface area contributed by atoms with Crippen molar-refractivity contribution in [3.8, 4) is 34.6 Å². The molecule has 69 heavy (non-hydrogen) atoms. The average molecular weight is 1020 g/mol. The number of azo groups is 2. The number of aliphatic hydroxyl groups is 2. The fraction of sp³-hybridized carbons (Fsp3) is 0.132. The van der Waals surface area contributed by atoms with Crippen molar-refractivity contribution in [1.82, 2.24) is 9.78 Å². The van der Waals surface area contributed by atoms with Gasteiger partial charge in [-0.2, -0.15) is 35.0 Å². The minimum absolute atomic E-state index is 0.0565. The van der Waals surface area contributed by atoms with Crippen molar-refractivity contribution in [3.05, 3.63) is 84.1 Å². The van der Waals surface area contributed by atoms with Crippen LogP contribution in [-0.4, -0.2) is 125 Å². The zero-order chi connectivity index (χ0) is 50.6. The summed E-state index contributed by atoms with van der Waals surface area (Å²) < 4.78 is 119. The van der Waals surface area contributed by atoms with Gasteiger partial charge in [0.15, 0.2) is 17.1 Å². The molecule has 0 spiro atoms. The molecule has 0 saturated carbocycles. The molecule has 364 valence electrons. The number of carboxylic acid groups (broad SMARTS) is 2. The van der Waals surface area contributed by atoms with Crippen molar-refractivity contribution >= 4 is 87.2 Å².